The van der Waals surface area contributed by atoms with E-state index in [4.69, 9.17) is 5.73 Å². The van der Waals surface area contributed by atoms with Crippen LogP contribution in [0.1, 0.15) is 87.3 Å². The molecule has 0 bridgehead atoms. The summed E-state index contributed by atoms with van der Waals surface area (Å²) in [6.07, 6.45) is 13.9. The molecule has 0 heterocycles. The number of hydrogen-bond donors (Lipinski definition) is 2. The smallest absolute Gasteiger partial charge is 0.0611 e. The summed E-state index contributed by atoms with van der Waals surface area (Å²) in [5.74, 6) is 1.44. The quantitative estimate of drug-likeness (QED) is 0.711. The zero-order valence-corrected chi connectivity index (χ0v) is 15.4. The predicted molar refractivity (Wildman–Crippen MR) is 101 cm³/mol. The lowest BCUT2D eigenvalue weighted by atomic mass is 9.79. The van der Waals surface area contributed by atoms with Gasteiger partial charge in [0.15, 0.2) is 0 Å². The number of nitrogens with two attached hydrogens (primary N) is 1. The monoisotopic (exact) mass is 329 g/mol. The topological polar surface area (TPSA) is 46.2 Å². The Bertz CT molecular complexity index is 541. The molecule has 0 radical (unpaired) electrons. The van der Waals surface area contributed by atoms with Gasteiger partial charge in [-0.3, -0.25) is 0 Å². The molecule has 1 saturated carbocycles. The van der Waals surface area contributed by atoms with E-state index in [0.29, 0.717) is 5.92 Å². The van der Waals surface area contributed by atoms with Gasteiger partial charge in [0.25, 0.3) is 0 Å². The second-order valence-electron chi connectivity index (χ2n) is 8.45. The number of benzene rings is 1. The lowest BCUT2D eigenvalue weighted by molar-refractivity contribution is 0.198. The first kappa shape index (κ1) is 17.9. The summed E-state index contributed by atoms with van der Waals surface area (Å²) < 4.78 is 0. The van der Waals surface area contributed by atoms with Crippen molar-refractivity contribution in [3.63, 3.8) is 0 Å². The average Bonchev–Trinajstić information content (AvgIpc) is 3.01. The van der Waals surface area contributed by atoms with E-state index in [1.54, 1.807) is 11.1 Å². The fraction of sp³-hybridized carbons (Fsp3) is 0.727. The molecule has 3 rings (SSSR count). The first-order chi connectivity index (χ1) is 11.6. The minimum atomic E-state index is -0.343. The molecule has 0 aromatic heterocycles. The van der Waals surface area contributed by atoms with Crippen LogP contribution in [-0.2, 0) is 12.8 Å². The molecular formula is C22H35NO. The number of unbranched alkanes of at least 4 members (excludes halogenated alkanes) is 3. The highest BCUT2D eigenvalue weighted by Gasteiger charge is 2.36. The van der Waals surface area contributed by atoms with Crippen LogP contribution in [0.3, 0.4) is 0 Å². The van der Waals surface area contributed by atoms with Gasteiger partial charge in [-0.1, -0.05) is 57.2 Å². The first-order valence-electron chi connectivity index (χ1n) is 10.1. The van der Waals surface area contributed by atoms with Crippen LogP contribution in [0.4, 0.5) is 0 Å². The molecular weight excluding hydrogens is 294 g/mol. The van der Waals surface area contributed by atoms with Gasteiger partial charge in [-0.2, -0.15) is 0 Å². The molecule has 2 heteroatoms. The maximum absolute atomic E-state index is 9.49. The van der Waals surface area contributed by atoms with Crippen LogP contribution in [0.5, 0.6) is 0 Å². The number of rotatable bonds is 7. The molecule has 134 valence electrons. The van der Waals surface area contributed by atoms with Gasteiger partial charge in [-0.05, 0) is 67.1 Å². The van der Waals surface area contributed by atoms with Crippen LogP contribution in [0.2, 0.25) is 0 Å². The summed E-state index contributed by atoms with van der Waals surface area (Å²) in [6, 6.07) is 7.18. The van der Waals surface area contributed by atoms with Crippen LogP contribution in [-0.4, -0.2) is 17.3 Å². The number of aliphatic hydroxyl groups is 1. The van der Waals surface area contributed by atoms with Gasteiger partial charge in [-0.25, -0.2) is 0 Å². The van der Waals surface area contributed by atoms with Crippen molar-refractivity contribution in [2.24, 2.45) is 11.7 Å². The first-order valence-corrected chi connectivity index (χ1v) is 10.1. The highest BCUT2D eigenvalue weighted by Crippen LogP contribution is 2.40. The number of aryl methyl sites for hydroxylation is 1. The van der Waals surface area contributed by atoms with E-state index >= 15 is 0 Å². The van der Waals surface area contributed by atoms with Crippen molar-refractivity contribution in [1.82, 2.24) is 0 Å². The number of fused-ring (bicyclic) bond motifs is 1. The minimum Gasteiger partial charge on any atom is -0.394 e. The summed E-state index contributed by atoms with van der Waals surface area (Å²) in [5, 5.41) is 9.49. The zero-order chi connectivity index (χ0) is 17.0. The summed E-state index contributed by atoms with van der Waals surface area (Å²) >= 11 is 0. The second-order valence-corrected chi connectivity index (χ2v) is 8.45. The van der Waals surface area contributed by atoms with E-state index in [1.807, 2.05) is 0 Å². The Labute approximate surface area is 147 Å². The Morgan fingerprint density at radius 1 is 1.17 bits per heavy atom. The van der Waals surface area contributed by atoms with Crippen LogP contribution < -0.4 is 5.73 Å². The van der Waals surface area contributed by atoms with Gasteiger partial charge in [-0.15, -0.1) is 0 Å². The molecule has 2 nitrogen and oxygen atoms in total. The van der Waals surface area contributed by atoms with Gasteiger partial charge in [0.05, 0.1) is 6.61 Å². The highest BCUT2D eigenvalue weighted by molar-refractivity contribution is 5.36. The molecule has 0 aliphatic heterocycles. The molecule has 24 heavy (non-hydrogen) atoms. The van der Waals surface area contributed by atoms with E-state index in [9.17, 15) is 5.11 Å². The Kier molecular flexibility index (Phi) is 5.99. The molecule has 3 N–H and O–H groups in total. The molecule has 3 unspecified atom stereocenters. The Morgan fingerprint density at radius 3 is 2.79 bits per heavy atom. The van der Waals surface area contributed by atoms with Crippen molar-refractivity contribution in [2.75, 3.05) is 6.61 Å². The molecule has 0 spiro atoms. The maximum Gasteiger partial charge on any atom is 0.0611 e. The van der Waals surface area contributed by atoms with E-state index in [-0.39, 0.29) is 12.1 Å². The molecule has 0 amide bonds. The number of hydrogen-bond acceptors (Lipinski definition) is 2. The van der Waals surface area contributed by atoms with Crippen LogP contribution in [0, 0.1) is 5.92 Å². The van der Waals surface area contributed by atoms with Crippen molar-refractivity contribution in [3.05, 3.63) is 34.9 Å². The molecule has 1 fully saturated rings. The minimum absolute atomic E-state index is 0.119. The fourth-order valence-electron chi connectivity index (χ4n) is 4.80. The van der Waals surface area contributed by atoms with E-state index < -0.39 is 0 Å². The van der Waals surface area contributed by atoms with E-state index in [0.717, 1.165) is 25.2 Å². The molecule has 0 saturated heterocycles. The van der Waals surface area contributed by atoms with Crippen molar-refractivity contribution in [2.45, 2.75) is 89.0 Å². The van der Waals surface area contributed by atoms with Crippen molar-refractivity contribution in [3.8, 4) is 0 Å². The second kappa shape index (κ2) is 8.01. The van der Waals surface area contributed by atoms with Gasteiger partial charge in [0.1, 0.15) is 0 Å². The van der Waals surface area contributed by atoms with Gasteiger partial charge in [0, 0.05) is 5.54 Å². The molecule has 2 aliphatic carbocycles. The molecule has 1 aromatic carbocycles. The SMILES string of the molecule is CCCCCCC1CCc2cc(C3CCC(N)(CO)C3)ccc2C1. The Hall–Kier alpha value is -0.860. The summed E-state index contributed by atoms with van der Waals surface area (Å²) in [4.78, 5) is 0. The molecule has 2 aliphatic rings. The van der Waals surface area contributed by atoms with Gasteiger partial charge >= 0.3 is 0 Å². The van der Waals surface area contributed by atoms with Gasteiger partial charge < -0.3 is 10.8 Å². The summed E-state index contributed by atoms with van der Waals surface area (Å²) in [6.45, 7) is 2.40. The van der Waals surface area contributed by atoms with E-state index in [2.05, 4.69) is 25.1 Å². The van der Waals surface area contributed by atoms with Crippen LogP contribution in [0.25, 0.3) is 0 Å². The number of aliphatic hydroxyl groups excluding tert-OH is 1. The largest absolute Gasteiger partial charge is 0.394 e. The summed E-state index contributed by atoms with van der Waals surface area (Å²) in [7, 11) is 0. The van der Waals surface area contributed by atoms with Crippen molar-refractivity contribution >= 4 is 0 Å². The third kappa shape index (κ3) is 4.21. The molecule has 3 atom stereocenters. The Morgan fingerprint density at radius 2 is 2.04 bits per heavy atom. The third-order valence-corrected chi connectivity index (χ3v) is 6.46. The lowest BCUT2D eigenvalue weighted by Crippen LogP contribution is -2.40. The third-order valence-electron chi connectivity index (χ3n) is 6.46. The maximum atomic E-state index is 9.49. The lowest BCUT2D eigenvalue weighted by Gasteiger charge is -2.26. The standard InChI is InChI=1S/C22H35NO/c1-2-3-4-5-6-17-7-8-19-14-20(10-9-18(19)13-17)21-11-12-22(23,15-21)16-24/h9-10,14,17,21,24H,2-8,11-13,15-16,23H2,1H3. The van der Waals surface area contributed by atoms with E-state index in [1.165, 1.54) is 56.9 Å². The predicted octanol–water partition coefficient (Wildman–Crippen LogP) is 4.72. The highest BCUT2D eigenvalue weighted by atomic mass is 16.3. The zero-order valence-electron chi connectivity index (χ0n) is 15.4. The Balaban J connectivity index is 1.58. The summed E-state index contributed by atoms with van der Waals surface area (Å²) in [5.41, 5.74) is 10.5. The van der Waals surface area contributed by atoms with Crippen LogP contribution in [0.15, 0.2) is 18.2 Å². The van der Waals surface area contributed by atoms with Crippen molar-refractivity contribution < 1.29 is 5.11 Å². The van der Waals surface area contributed by atoms with Gasteiger partial charge in [0.2, 0.25) is 0 Å². The van der Waals surface area contributed by atoms with Crippen LogP contribution >= 0.6 is 0 Å². The van der Waals surface area contributed by atoms with Crippen molar-refractivity contribution in [1.29, 1.82) is 0 Å². The average molecular weight is 330 g/mol. The fourth-order valence-corrected chi connectivity index (χ4v) is 4.80. The normalized spacial score (nSPS) is 29.6. The molecule has 1 aromatic rings.